The minimum absolute atomic E-state index is 0.215. The van der Waals surface area contributed by atoms with Crippen LogP contribution in [0.15, 0.2) is 18.3 Å². The molecule has 1 fully saturated rings. The van der Waals surface area contributed by atoms with Gasteiger partial charge in [-0.2, -0.15) is 0 Å². The average molecular weight is 237 g/mol. The van der Waals surface area contributed by atoms with Crippen molar-refractivity contribution >= 4 is 5.91 Å². The van der Waals surface area contributed by atoms with E-state index in [0.717, 1.165) is 19.0 Å². The lowest BCUT2D eigenvalue weighted by molar-refractivity contribution is 0.0892. The molecule has 0 bridgehead atoms. The molecule has 92 valence electrons. The van der Waals surface area contributed by atoms with E-state index >= 15 is 0 Å². The summed E-state index contributed by atoms with van der Waals surface area (Å²) in [5, 5.41) is 2.89. The largest absolute Gasteiger partial charge is 0.344 e. The van der Waals surface area contributed by atoms with Gasteiger partial charge >= 0.3 is 0 Å². The summed E-state index contributed by atoms with van der Waals surface area (Å²) >= 11 is 0. The monoisotopic (exact) mass is 237 g/mol. The molecule has 3 N–H and O–H groups in total. The molecule has 1 saturated carbocycles. The van der Waals surface area contributed by atoms with E-state index in [1.54, 1.807) is 0 Å². The zero-order chi connectivity index (χ0) is 12.5. The molecule has 0 aromatic carbocycles. The lowest BCUT2D eigenvalue weighted by Crippen LogP contribution is -2.53. The summed E-state index contributed by atoms with van der Waals surface area (Å²) < 4.78 is 12.7. The van der Waals surface area contributed by atoms with E-state index in [0.29, 0.717) is 12.5 Å². The first-order chi connectivity index (χ1) is 8.05. The fourth-order valence-electron chi connectivity index (χ4n) is 1.87. The van der Waals surface area contributed by atoms with E-state index in [1.807, 2.05) is 6.92 Å². The molecule has 1 amide bonds. The van der Waals surface area contributed by atoms with Crippen LogP contribution in [0.5, 0.6) is 0 Å². The highest BCUT2D eigenvalue weighted by molar-refractivity contribution is 5.92. The molecule has 0 radical (unpaired) electrons. The first-order valence-corrected chi connectivity index (χ1v) is 5.69. The van der Waals surface area contributed by atoms with Crippen LogP contribution in [0, 0.1) is 11.7 Å². The Morgan fingerprint density at radius 3 is 2.82 bits per heavy atom. The number of halogens is 1. The Morgan fingerprint density at radius 1 is 1.65 bits per heavy atom. The zero-order valence-electron chi connectivity index (χ0n) is 9.74. The number of pyridine rings is 1. The maximum Gasteiger partial charge on any atom is 0.270 e. The third-order valence-corrected chi connectivity index (χ3v) is 3.26. The van der Waals surface area contributed by atoms with E-state index in [-0.39, 0.29) is 17.1 Å². The van der Waals surface area contributed by atoms with Crippen LogP contribution in [0.25, 0.3) is 0 Å². The van der Waals surface area contributed by atoms with Gasteiger partial charge in [-0.1, -0.05) is 0 Å². The van der Waals surface area contributed by atoms with Crippen molar-refractivity contribution in [1.29, 1.82) is 0 Å². The van der Waals surface area contributed by atoms with Crippen LogP contribution in [0.3, 0.4) is 0 Å². The van der Waals surface area contributed by atoms with Gasteiger partial charge in [0.25, 0.3) is 5.91 Å². The highest BCUT2D eigenvalue weighted by Crippen LogP contribution is 2.39. The molecule has 1 aliphatic carbocycles. The van der Waals surface area contributed by atoms with Gasteiger partial charge in [-0.3, -0.25) is 4.79 Å². The Bertz CT molecular complexity index is 416. The first kappa shape index (κ1) is 12.0. The summed E-state index contributed by atoms with van der Waals surface area (Å²) in [6.07, 6.45) is 3.21. The highest BCUT2D eigenvalue weighted by Gasteiger charge is 2.41. The van der Waals surface area contributed by atoms with Crippen molar-refractivity contribution in [2.75, 3.05) is 6.54 Å². The fourth-order valence-corrected chi connectivity index (χ4v) is 1.87. The lowest BCUT2D eigenvalue weighted by atomic mass is 9.96. The molecular formula is C12H16FN3O. The summed E-state index contributed by atoms with van der Waals surface area (Å²) in [6.45, 7) is 2.33. The Morgan fingerprint density at radius 2 is 2.35 bits per heavy atom. The van der Waals surface area contributed by atoms with Crippen LogP contribution in [0.1, 0.15) is 30.3 Å². The lowest BCUT2D eigenvalue weighted by Gasteiger charge is -2.29. The van der Waals surface area contributed by atoms with Crippen molar-refractivity contribution in [3.8, 4) is 0 Å². The number of hydrogen-bond donors (Lipinski definition) is 2. The van der Waals surface area contributed by atoms with Crippen LogP contribution >= 0.6 is 0 Å². The SMILES string of the molecule is CC(CN)(NC(=O)c1ccc(F)cn1)C1CC1. The predicted molar refractivity (Wildman–Crippen MR) is 61.8 cm³/mol. The third kappa shape index (κ3) is 2.61. The second kappa shape index (κ2) is 4.41. The van der Waals surface area contributed by atoms with Gasteiger partial charge in [0.05, 0.1) is 11.7 Å². The number of amides is 1. The Hall–Kier alpha value is -1.49. The Kier molecular flexibility index (Phi) is 3.11. The fraction of sp³-hybridized carbons (Fsp3) is 0.500. The quantitative estimate of drug-likeness (QED) is 0.823. The molecule has 1 atom stereocenters. The van der Waals surface area contributed by atoms with Gasteiger partial charge in [0.2, 0.25) is 0 Å². The van der Waals surface area contributed by atoms with Crippen molar-refractivity contribution in [3.05, 3.63) is 29.8 Å². The standard InChI is InChI=1S/C12H16FN3O/c1-12(7-14,8-2-3-8)16-11(17)10-5-4-9(13)6-15-10/h4-6,8H,2-3,7,14H2,1H3,(H,16,17). The van der Waals surface area contributed by atoms with Crippen LogP contribution < -0.4 is 11.1 Å². The van der Waals surface area contributed by atoms with Gasteiger partial charge in [0, 0.05) is 6.54 Å². The van der Waals surface area contributed by atoms with Crippen molar-refractivity contribution in [2.45, 2.75) is 25.3 Å². The number of carbonyl (C=O) groups is 1. The van der Waals surface area contributed by atoms with Gasteiger partial charge in [-0.15, -0.1) is 0 Å². The van der Waals surface area contributed by atoms with Crippen molar-refractivity contribution in [3.63, 3.8) is 0 Å². The second-order valence-corrected chi connectivity index (χ2v) is 4.71. The Labute approximate surface area is 99.4 Å². The maximum absolute atomic E-state index is 12.7. The molecule has 17 heavy (non-hydrogen) atoms. The number of nitrogens with two attached hydrogens (primary N) is 1. The Balaban J connectivity index is 2.07. The molecule has 1 aliphatic rings. The van der Waals surface area contributed by atoms with Crippen LogP contribution in [0.2, 0.25) is 0 Å². The van der Waals surface area contributed by atoms with Gasteiger partial charge < -0.3 is 11.1 Å². The summed E-state index contributed by atoms with van der Waals surface area (Å²) in [4.78, 5) is 15.7. The van der Waals surface area contributed by atoms with Gasteiger partial charge in [-0.05, 0) is 37.8 Å². The van der Waals surface area contributed by atoms with Gasteiger partial charge in [-0.25, -0.2) is 9.37 Å². The topological polar surface area (TPSA) is 68.0 Å². The number of rotatable bonds is 4. The average Bonchev–Trinajstić information content (AvgIpc) is 3.13. The minimum Gasteiger partial charge on any atom is -0.344 e. The number of nitrogens with zero attached hydrogens (tertiary/aromatic N) is 1. The van der Waals surface area contributed by atoms with E-state index in [4.69, 9.17) is 5.73 Å². The van der Waals surface area contributed by atoms with E-state index < -0.39 is 5.82 Å². The van der Waals surface area contributed by atoms with Crippen molar-refractivity contribution in [2.24, 2.45) is 11.7 Å². The third-order valence-electron chi connectivity index (χ3n) is 3.26. The minimum atomic E-state index is -0.453. The second-order valence-electron chi connectivity index (χ2n) is 4.71. The smallest absolute Gasteiger partial charge is 0.270 e. The molecule has 1 unspecified atom stereocenters. The molecule has 5 heteroatoms. The molecule has 0 spiro atoms. The molecule has 0 saturated heterocycles. The van der Waals surface area contributed by atoms with Gasteiger partial charge in [0.15, 0.2) is 0 Å². The van der Waals surface area contributed by atoms with E-state index in [2.05, 4.69) is 10.3 Å². The summed E-state index contributed by atoms with van der Waals surface area (Å²) in [5.74, 6) is -0.313. The van der Waals surface area contributed by atoms with E-state index in [9.17, 15) is 9.18 Å². The molecular weight excluding hydrogens is 221 g/mol. The van der Waals surface area contributed by atoms with Gasteiger partial charge in [0.1, 0.15) is 11.5 Å². The first-order valence-electron chi connectivity index (χ1n) is 5.69. The van der Waals surface area contributed by atoms with Crippen molar-refractivity contribution < 1.29 is 9.18 Å². The molecule has 2 rings (SSSR count). The summed E-state index contributed by atoms with van der Waals surface area (Å²) in [5.41, 5.74) is 5.54. The zero-order valence-corrected chi connectivity index (χ0v) is 9.74. The van der Waals surface area contributed by atoms with Crippen molar-refractivity contribution in [1.82, 2.24) is 10.3 Å². The summed E-state index contributed by atoms with van der Waals surface area (Å²) in [7, 11) is 0. The highest BCUT2D eigenvalue weighted by atomic mass is 19.1. The number of carbonyl (C=O) groups excluding carboxylic acids is 1. The number of nitrogens with one attached hydrogen (secondary N) is 1. The molecule has 1 aromatic rings. The number of hydrogen-bond acceptors (Lipinski definition) is 3. The predicted octanol–water partition coefficient (Wildman–Crippen LogP) is 1.08. The van der Waals surface area contributed by atoms with Crippen LogP contribution in [-0.2, 0) is 0 Å². The maximum atomic E-state index is 12.7. The normalized spacial score (nSPS) is 18.5. The molecule has 4 nitrogen and oxygen atoms in total. The molecule has 1 aromatic heterocycles. The van der Waals surface area contributed by atoms with E-state index in [1.165, 1.54) is 12.1 Å². The number of aromatic nitrogens is 1. The summed E-state index contributed by atoms with van der Waals surface area (Å²) in [6, 6.07) is 2.59. The molecule has 1 heterocycles. The molecule has 0 aliphatic heterocycles. The van der Waals surface area contributed by atoms with Crippen LogP contribution in [-0.4, -0.2) is 23.0 Å². The van der Waals surface area contributed by atoms with Crippen LogP contribution in [0.4, 0.5) is 4.39 Å².